The summed E-state index contributed by atoms with van der Waals surface area (Å²) in [6, 6.07) is 10.00. The molecule has 7 nitrogen and oxygen atoms in total. The van der Waals surface area contributed by atoms with Gasteiger partial charge in [-0.25, -0.2) is 12.8 Å². The van der Waals surface area contributed by atoms with Gasteiger partial charge in [0.25, 0.3) is 0 Å². The maximum Gasteiger partial charge on any atom is 0.243 e. The van der Waals surface area contributed by atoms with Crippen LogP contribution in [0.15, 0.2) is 47.4 Å². The van der Waals surface area contributed by atoms with Gasteiger partial charge in [0.1, 0.15) is 11.9 Å². The number of halogens is 1. The Morgan fingerprint density at radius 2 is 1.81 bits per heavy atom. The smallest absolute Gasteiger partial charge is 0.243 e. The fourth-order valence-electron chi connectivity index (χ4n) is 4.38. The number of benzene rings is 2. The van der Waals surface area contributed by atoms with Crippen LogP contribution in [0, 0.1) is 5.82 Å². The number of carbonyl (C=O) groups excluding carboxylic acids is 2. The van der Waals surface area contributed by atoms with Crippen LogP contribution in [-0.4, -0.2) is 43.7 Å². The molecule has 2 aliphatic heterocycles. The van der Waals surface area contributed by atoms with Crippen molar-refractivity contribution >= 4 is 27.5 Å². The third-order valence-electron chi connectivity index (χ3n) is 6.04. The summed E-state index contributed by atoms with van der Waals surface area (Å²) in [6.45, 7) is 2.36. The van der Waals surface area contributed by atoms with E-state index in [0.29, 0.717) is 29.9 Å². The molecule has 0 aliphatic carbocycles. The quantitative estimate of drug-likeness (QED) is 0.745. The molecule has 0 saturated carbocycles. The Morgan fingerprint density at radius 1 is 1.09 bits per heavy atom. The SMILES string of the molecule is CC(=O)N1c2ccc(S(=O)(=O)N3CCCCC3)cc2C[C@H]1C(=O)NCc1ccccc1F. The van der Waals surface area contributed by atoms with E-state index in [1.807, 2.05) is 0 Å². The number of anilines is 1. The van der Waals surface area contributed by atoms with Gasteiger partial charge in [0, 0.05) is 44.2 Å². The molecule has 2 amide bonds. The second kappa shape index (κ2) is 8.99. The fourth-order valence-corrected chi connectivity index (χ4v) is 5.95. The molecule has 2 aromatic rings. The zero-order valence-electron chi connectivity index (χ0n) is 17.9. The van der Waals surface area contributed by atoms with Crippen molar-refractivity contribution in [1.29, 1.82) is 0 Å². The summed E-state index contributed by atoms with van der Waals surface area (Å²) in [7, 11) is -3.62. The van der Waals surface area contributed by atoms with Crippen molar-refractivity contribution in [2.75, 3.05) is 18.0 Å². The molecule has 2 aliphatic rings. The van der Waals surface area contributed by atoms with Crippen molar-refractivity contribution in [3.05, 3.63) is 59.4 Å². The van der Waals surface area contributed by atoms with Gasteiger partial charge in [-0.2, -0.15) is 4.31 Å². The van der Waals surface area contributed by atoms with Crippen molar-refractivity contribution in [1.82, 2.24) is 9.62 Å². The molecule has 0 aromatic heterocycles. The Labute approximate surface area is 187 Å². The minimum absolute atomic E-state index is 0.00130. The maximum atomic E-state index is 13.9. The number of fused-ring (bicyclic) bond motifs is 1. The van der Waals surface area contributed by atoms with Crippen LogP contribution < -0.4 is 10.2 Å². The normalized spacial score (nSPS) is 18.9. The van der Waals surface area contributed by atoms with Crippen LogP contribution in [0.25, 0.3) is 0 Å². The monoisotopic (exact) mass is 459 g/mol. The van der Waals surface area contributed by atoms with Crippen LogP contribution in [0.4, 0.5) is 10.1 Å². The highest BCUT2D eigenvalue weighted by Crippen LogP contribution is 2.35. The highest BCUT2D eigenvalue weighted by Gasteiger charge is 2.38. The van der Waals surface area contributed by atoms with Gasteiger partial charge in [-0.05, 0) is 42.7 Å². The first-order chi connectivity index (χ1) is 15.3. The molecule has 9 heteroatoms. The Hall–Kier alpha value is -2.78. The van der Waals surface area contributed by atoms with Gasteiger partial charge in [-0.1, -0.05) is 24.6 Å². The van der Waals surface area contributed by atoms with E-state index in [2.05, 4.69) is 5.32 Å². The van der Waals surface area contributed by atoms with Gasteiger partial charge in [-0.3, -0.25) is 14.5 Å². The number of hydrogen-bond acceptors (Lipinski definition) is 4. The van der Waals surface area contributed by atoms with Gasteiger partial charge in [0.05, 0.1) is 4.90 Å². The minimum Gasteiger partial charge on any atom is -0.350 e. The molecule has 0 spiro atoms. The molecule has 1 fully saturated rings. The number of nitrogens with one attached hydrogen (secondary N) is 1. The van der Waals surface area contributed by atoms with Crippen molar-refractivity contribution in [2.45, 2.75) is 50.1 Å². The second-order valence-electron chi connectivity index (χ2n) is 8.17. The van der Waals surface area contributed by atoms with E-state index >= 15 is 0 Å². The van der Waals surface area contributed by atoms with Crippen LogP contribution in [0.2, 0.25) is 0 Å². The van der Waals surface area contributed by atoms with E-state index in [9.17, 15) is 22.4 Å². The number of sulfonamides is 1. The fraction of sp³-hybridized carbons (Fsp3) is 0.391. The lowest BCUT2D eigenvalue weighted by Crippen LogP contribution is -2.47. The van der Waals surface area contributed by atoms with E-state index in [1.54, 1.807) is 30.3 Å². The van der Waals surface area contributed by atoms with Crippen LogP contribution in [0.1, 0.15) is 37.3 Å². The summed E-state index contributed by atoms with van der Waals surface area (Å²) < 4.78 is 41.4. The molecule has 170 valence electrons. The van der Waals surface area contributed by atoms with Crippen molar-refractivity contribution in [2.24, 2.45) is 0 Å². The van der Waals surface area contributed by atoms with Crippen molar-refractivity contribution in [3.63, 3.8) is 0 Å². The van der Waals surface area contributed by atoms with Gasteiger partial charge in [-0.15, -0.1) is 0 Å². The molecule has 32 heavy (non-hydrogen) atoms. The number of piperidine rings is 1. The molecule has 0 radical (unpaired) electrons. The predicted octanol–water partition coefficient (Wildman–Crippen LogP) is 2.59. The number of rotatable bonds is 5. The maximum absolute atomic E-state index is 13.9. The lowest BCUT2D eigenvalue weighted by Gasteiger charge is -2.26. The largest absolute Gasteiger partial charge is 0.350 e. The van der Waals surface area contributed by atoms with Gasteiger partial charge < -0.3 is 5.32 Å². The summed E-state index contributed by atoms with van der Waals surface area (Å²) >= 11 is 0. The topological polar surface area (TPSA) is 86.8 Å². The number of amides is 2. The van der Waals surface area contributed by atoms with Gasteiger partial charge in [0.2, 0.25) is 21.8 Å². The molecule has 2 heterocycles. The first-order valence-electron chi connectivity index (χ1n) is 10.7. The van der Waals surface area contributed by atoms with Crippen LogP contribution in [0.5, 0.6) is 0 Å². The molecule has 0 unspecified atom stereocenters. The summed E-state index contributed by atoms with van der Waals surface area (Å²) in [4.78, 5) is 26.8. The van der Waals surface area contributed by atoms with Gasteiger partial charge >= 0.3 is 0 Å². The Bertz CT molecular complexity index is 1150. The van der Waals surface area contributed by atoms with E-state index in [0.717, 1.165) is 19.3 Å². The number of nitrogens with zero attached hydrogens (tertiary/aromatic N) is 2. The van der Waals surface area contributed by atoms with Crippen molar-refractivity contribution in [3.8, 4) is 0 Å². The average Bonchev–Trinajstić information content (AvgIpc) is 3.18. The third-order valence-corrected chi connectivity index (χ3v) is 7.94. The van der Waals surface area contributed by atoms with Crippen LogP contribution in [0.3, 0.4) is 0 Å². The van der Waals surface area contributed by atoms with Gasteiger partial charge in [0.15, 0.2) is 0 Å². The molecule has 0 bridgehead atoms. The van der Waals surface area contributed by atoms with Crippen molar-refractivity contribution < 1.29 is 22.4 Å². The molecular formula is C23H26FN3O4S. The molecule has 4 rings (SSSR count). The predicted molar refractivity (Wildman–Crippen MR) is 118 cm³/mol. The zero-order chi connectivity index (χ0) is 22.9. The molecule has 1 atom stereocenters. The number of carbonyl (C=O) groups is 2. The molecule has 2 aromatic carbocycles. The molecule has 1 saturated heterocycles. The highest BCUT2D eigenvalue weighted by molar-refractivity contribution is 7.89. The molecule has 1 N–H and O–H groups in total. The summed E-state index contributed by atoms with van der Waals surface area (Å²) in [5.74, 6) is -1.15. The van der Waals surface area contributed by atoms with Crippen LogP contribution in [-0.2, 0) is 32.6 Å². The lowest BCUT2D eigenvalue weighted by molar-refractivity contribution is -0.125. The summed E-state index contributed by atoms with van der Waals surface area (Å²) in [5.41, 5.74) is 1.51. The first-order valence-corrected chi connectivity index (χ1v) is 12.2. The summed E-state index contributed by atoms with van der Waals surface area (Å²) in [5, 5.41) is 2.70. The number of hydrogen-bond donors (Lipinski definition) is 1. The highest BCUT2D eigenvalue weighted by atomic mass is 32.2. The summed E-state index contributed by atoms with van der Waals surface area (Å²) in [6.07, 6.45) is 2.90. The second-order valence-corrected chi connectivity index (χ2v) is 10.1. The standard InChI is InChI=1S/C23H26FN3O4S/c1-16(28)27-21-10-9-19(32(30,31)26-11-5-2-6-12-26)13-18(21)14-22(27)23(29)25-15-17-7-3-4-8-20(17)24/h3-4,7-10,13,22H,2,5-6,11-12,14-15H2,1H3,(H,25,29)/t22-/m0/s1. The van der Waals surface area contributed by atoms with E-state index in [-0.39, 0.29) is 23.8 Å². The van der Waals surface area contributed by atoms with E-state index < -0.39 is 27.8 Å². The first kappa shape index (κ1) is 22.4. The van der Waals surface area contributed by atoms with E-state index in [4.69, 9.17) is 0 Å². The minimum atomic E-state index is -3.62. The Morgan fingerprint density at radius 3 is 2.50 bits per heavy atom. The molecular weight excluding hydrogens is 433 g/mol. The lowest BCUT2D eigenvalue weighted by atomic mass is 10.1. The zero-order valence-corrected chi connectivity index (χ0v) is 18.7. The third kappa shape index (κ3) is 4.27. The Balaban J connectivity index is 1.55. The van der Waals surface area contributed by atoms with E-state index in [1.165, 1.54) is 28.3 Å². The van der Waals surface area contributed by atoms with Crippen LogP contribution >= 0.6 is 0 Å². The average molecular weight is 460 g/mol. The Kier molecular flexibility index (Phi) is 6.30.